The van der Waals surface area contributed by atoms with E-state index in [1.807, 2.05) is 0 Å². The monoisotopic (exact) mass is 200 g/mol. The van der Waals surface area contributed by atoms with Gasteiger partial charge in [-0.25, -0.2) is 0 Å². The molecule has 0 bridgehead atoms. The molecule has 0 aromatic heterocycles. The van der Waals surface area contributed by atoms with Gasteiger partial charge in [-0.15, -0.1) is 0 Å². The normalized spacial score (nSPS) is 15.2. The summed E-state index contributed by atoms with van der Waals surface area (Å²) in [5, 5.41) is 11.6. The Bertz CT molecular complexity index is 226. The van der Waals surface area contributed by atoms with Crippen molar-refractivity contribution < 1.29 is 14.7 Å². The third kappa shape index (κ3) is 3.74. The Morgan fingerprint density at radius 2 is 2.14 bits per heavy atom. The van der Waals surface area contributed by atoms with Gasteiger partial charge in [0, 0.05) is 12.6 Å². The Hall–Kier alpha value is -1.10. The van der Waals surface area contributed by atoms with E-state index in [1.165, 1.54) is 4.90 Å². The molecule has 0 aliphatic heterocycles. The van der Waals surface area contributed by atoms with Gasteiger partial charge in [0.05, 0.1) is 6.54 Å². The summed E-state index contributed by atoms with van der Waals surface area (Å²) >= 11 is 0. The number of carboxylic acids is 1. The number of hydrogen-bond donors (Lipinski definition) is 2. The van der Waals surface area contributed by atoms with E-state index in [1.54, 1.807) is 6.92 Å². The van der Waals surface area contributed by atoms with Crippen LogP contribution in [0.3, 0.4) is 0 Å². The van der Waals surface area contributed by atoms with Gasteiger partial charge >= 0.3 is 5.97 Å². The van der Waals surface area contributed by atoms with Gasteiger partial charge in [-0.3, -0.25) is 9.59 Å². The zero-order chi connectivity index (χ0) is 10.6. The fraction of sp³-hybridized carbons (Fsp3) is 0.778. The molecule has 0 aromatic carbocycles. The number of carbonyl (C=O) groups is 2. The van der Waals surface area contributed by atoms with E-state index in [0.29, 0.717) is 12.6 Å². The lowest BCUT2D eigenvalue weighted by Crippen LogP contribution is -2.41. The van der Waals surface area contributed by atoms with Crippen molar-refractivity contribution in [2.45, 2.75) is 25.8 Å². The SMILES string of the molecule is CCN(CC(=O)O)C(=O)CNC1CC1. The predicted octanol–water partition coefficient (Wildman–Crippen LogP) is -0.328. The minimum Gasteiger partial charge on any atom is -0.480 e. The molecule has 1 rings (SSSR count). The van der Waals surface area contributed by atoms with E-state index in [0.717, 1.165) is 12.8 Å². The molecule has 14 heavy (non-hydrogen) atoms. The van der Waals surface area contributed by atoms with Crippen molar-refractivity contribution >= 4 is 11.9 Å². The predicted molar refractivity (Wildman–Crippen MR) is 50.9 cm³/mol. The van der Waals surface area contributed by atoms with E-state index in [4.69, 9.17) is 5.11 Å². The summed E-state index contributed by atoms with van der Waals surface area (Å²) in [6.45, 7) is 2.27. The zero-order valence-electron chi connectivity index (χ0n) is 8.32. The summed E-state index contributed by atoms with van der Waals surface area (Å²) < 4.78 is 0. The van der Waals surface area contributed by atoms with E-state index < -0.39 is 5.97 Å². The molecule has 80 valence electrons. The number of carbonyl (C=O) groups excluding carboxylic acids is 1. The number of amides is 1. The van der Waals surface area contributed by atoms with Crippen LogP contribution in [0.15, 0.2) is 0 Å². The van der Waals surface area contributed by atoms with Crippen LogP contribution >= 0.6 is 0 Å². The van der Waals surface area contributed by atoms with Crippen LogP contribution in [-0.2, 0) is 9.59 Å². The highest BCUT2D eigenvalue weighted by molar-refractivity contribution is 5.82. The van der Waals surface area contributed by atoms with Gasteiger partial charge < -0.3 is 15.3 Å². The summed E-state index contributed by atoms with van der Waals surface area (Å²) in [6.07, 6.45) is 2.25. The Morgan fingerprint density at radius 3 is 2.57 bits per heavy atom. The number of nitrogens with zero attached hydrogens (tertiary/aromatic N) is 1. The first kappa shape index (κ1) is 11.0. The van der Waals surface area contributed by atoms with E-state index in [-0.39, 0.29) is 19.0 Å². The van der Waals surface area contributed by atoms with E-state index in [9.17, 15) is 9.59 Å². The zero-order valence-corrected chi connectivity index (χ0v) is 8.32. The molecule has 0 spiro atoms. The first-order valence-corrected chi connectivity index (χ1v) is 4.86. The third-order valence-electron chi connectivity index (χ3n) is 2.18. The first-order valence-electron chi connectivity index (χ1n) is 4.86. The van der Waals surface area contributed by atoms with Crippen LogP contribution in [0.4, 0.5) is 0 Å². The molecule has 0 heterocycles. The second-order valence-electron chi connectivity index (χ2n) is 3.46. The number of likely N-dealkylation sites (N-methyl/N-ethyl adjacent to an activating group) is 1. The molecular weight excluding hydrogens is 184 g/mol. The Kier molecular flexibility index (Phi) is 3.88. The highest BCUT2D eigenvalue weighted by atomic mass is 16.4. The summed E-state index contributed by atoms with van der Waals surface area (Å²) in [5.74, 6) is -1.10. The fourth-order valence-electron chi connectivity index (χ4n) is 1.17. The average Bonchev–Trinajstić information content (AvgIpc) is 2.93. The molecule has 0 radical (unpaired) electrons. The number of rotatable bonds is 6. The van der Waals surface area contributed by atoms with Gasteiger partial charge in [-0.05, 0) is 19.8 Å². The Labute approximate surface area is 83.1 Å². The van der Waals surface area contributed by atoms with E-state index in [2.05, 4.69) is 5.32 Å². The lowest BCUT2D eigenvalue weighted by atomic mass is 10.4. The lowest BCUT2D eigenvalue weighted by Gasteiger charge is -2.18. The van der Waals surface area contributed by atoms with Crippen LogP contribution < -0.4 is 5.32 Å². The highest BCUT2D eigenvalue weighted by Crippen LogP contribution is 2.18. The topological polar surface area (TPSA) is 69.6 Å². The molecular formula is C9H16N2O3. The molecule has 0 atom stereocenters. The van der Waals surface area contributed by atoms with Crippen molar-refractivity contribution in [3.05, 3.63) is 0 Å². The molecule has 1 fully saturated rings. The van der Waals surface area contributed by atoms with Crippen molar-refractivity contribution in [2.75, 3.05) is 19.6 Å². The minimum absolute atomic E-state index is 0.137. The largest absolute Gasteiger partial charge is 0.480 e. The lowest BCUT2D eigenvalue weighted by molar-refractivity contribution is -0.143. The first-order chi connectivity index (χ1) is 6.63. The quantitative estimate of drug-likeness (QED) is 0.616. The van der Waals surface area contributed by atoms with Gasteiger partial charge in [0.15, 0.2) is 0 Å². The van der Waals surface area contributed by atoms with Crippen molar-refractivity contribution in [2.24, 2.45) is 0 Å². The average molecular weight is 200 g/mol. The Balaban J connectivity index is 2.26. The number of carboxylic acid groups (broad SMARTS) is 1. The molecule has 1 saturated carbocycles. The standard InChI is InChI=1S/C9H16N2O3/c1-2-11(6-9(13)14)8(12)5-10-7-3-4-7/h7,10H,2-6H2,1H3,(H,13,14). The van der Waals surface area contributed by atoms with Gasteiger partial charge in [0.1, 0.15) is 6.54 Å². The van der Waals surface area contributed by atoms with Crippen LogP contribution in [-0.4, -0.2) is 47.6 Å². The number of aliphatic carboxylic acids is 1. The number of nitrogens with one attached hydrogen (secondary N) is 1. The van der Waals surface area contributed by atoms with Gasteiger partial charge in [0.25, 0.3) is 0 Å². The van der Waals surface area contributed by atoms with Crippen molar-refractivity contribution in [1.29, 1.82) is 0 Å². The van der Waals surface area contributed by atoms with E-state index >= 15 is 0 Å². The summed E-state index contributed by atoms with van der Waals surface area (Å²) in [7, 11) is 0. The highest BCUT2D eigenvalue weighted by Gasteiger charge is 2.22. The molecule has 0 aromatic rings. The Morgan fingerprint density at radius 1 is 1.50 bits per heavy atom. The molecule has 2 N–H and O–H groups in total. The van der Waals surface area contributed by atoms with Crippen LogP contribution in [0.1, 0.15) is 19.8 Å². The second-order valence-corrected chi connectivity index (χ2v) is 3.46. The molecule has 0 unspecified atom stereocenters. The molecule has 0 saturated heterocycles. The summed E-state index contributed by atoms with van der Waals surface area (Å²) in [4.78, 5) is 23.2. The van der Waals surface area contributed by atoms with Crippen LogP contribution in [0.2, 0.25) is 0 Å². The molecule has 5 nitrogen and oxygen atoms in total. The van der Waals surface area contributed by atoms with Gasteiger partial charge in [0.2, 0.25) is 5.91 Å². The van der Waals surface area contributed by atoms with Crippen molar-refractivity contribution in [3.8, 4) is 0 Å². The number of hydrogen-bond acceptors (Lipinski definition) is 3. The van der Waals surface area contributed by atoms with Crippen molar-refractivity contribution in [3.63, 3.8) is 0 Å². The third-order valence-corrected chi connectivity index (χ3v) is 2.18. The molecule has 1 amide bonds. The maximum atomic E-state index is 11.4. The fourth-order valence-corrected chi connectivity index (χ4v) is 1.17. The van der Waals surface area contributed by atoms with Crippen LogP contribution in [0, 0.1) is 0 Å². The smallest absolute Gasteiger partial charge is 0.323 e. The maximum absolute atomic E-state index is 11.4. The van der Waals surface area contributed by atoms with Crippen LogP contribution in [0.5, 0.6) is 0 Å². The molecule has 1 aliphatic carbocycles. The van der Waals surface area contributed by atoms with Gasteiger partial charge in [-0.2, -0.15) is 0 Å². The maximum Gasteiger partial charge on any atom is 0.323 e. The second kappa shape index (κ2) is 4.95. The molecule has 1 aliphatic rings. The summed E-state index contributed by atoms with van der Waals surface area (Å²) in [6, 6.07) is 0.475. The van der Waals surface area contributed by atoms with Crippen molar-refractivity contribution in [1.82, 2.24) is 10.2 Å². The minimum atomic E-state index is -0.966. The van der Waals surface area contributed by atoms with Crippen LogP contribution in [0.25, 0.3) is 0 Å². The molecule has 5 heteroatoms. The van der Waals surface area contributed by atoms with Gasteiger partial charge in [-0.1, -0.05) is 0 Å². The summed E-state index contributed by atoms with van der Waals surface area (Å²) in [5.41, 5.74) is 0.